The van der Waals surface area contributed by atoms with E-state index in [1.54, 1.807) is 0 Å². The Morgan fingerprint density at radius 3 is 2.44 bits per heavy atom. The lowest BCUT2D eigenvalue weighted by molar-refractivity contribution is -0.123. The van der Waals surface area contributed by atoms with E-state index in [0.29, 0.717) is 11.1 Å². The number of carbonyl (C=O) groups excluding carboxylic acids is 2. The van der Waals surface area contributed by atoms with Crippen LogP contribution in [0.15, 0.2) is 66.4 Å². The molecule has 0 saturated heterocycles. The van der Waals surface area contributed by atoms with Crippen LogP contribution in [0.2, 0.25) is 0 Å². The van der Waals surface area contributed by atoms with Crippen molar-refractivity contribution in [3.63, 3.8) is 0 Å². The first-order valence-electron chi connectivity index (χ1n) is 9.02. The number of fused-ring (bicyclic) bond motifs is 2. The SMILES string of the molecule is CC1C=C(C2=C(c3cn(C)c4ccccc34)C(=O)NC2=O)c2ccccc21. The third-order valence-corrected chi connectivity index (χ3v) is 5.53. The number of amides is 2. The average Bonchev–Trinajstić information content (AvgIpc) is 3.27. The molecular weight excluding hydrogens is 336 g/mol. The summed E-state index contributed by atoms with van der Waals surface area (Å²) in [5.74, 6) is -0.441. The number of imide groups is 1. The Hall–Kier alpha value is -3.40. The summed E-state index contributed by atoms with van der Waals surface area (Å²) in [4.78, 5) is 25.5. The van der Waals surface area contributed by atoms with Gasteiger partial charge in [-0.15, -0.1) is 0 Å². The van der Waals surface area contributed by atoms with Gasteiger partial charge in [-0.1, -0.05) is 55.5 Å². The molecule has 0 fully saturated rings. The minimum atomic E-state index is -0.329. The standard InChI is InChI=1S/C23H18N2O2/c1-13-11-17(15-8-4-3-7-14(13)15)20-21(23(27)24-22(20)26)18-12-25(2)19-10-6-5-9-16(18)19/h3-13H,1-2H3,(H,24,26,27). The molecule has 4 nitrogen and oxygen atoms in total. The second-order valence-corrected chi connectivity index (χ2v) is 7.16. The van der Waals surface area contributed by atoms with Crippen LogP contribution in [-0.2, 0) is 16.6 Å². The summed E-state index contributed by atoms with van der Waals surface area (Å²) in [5.41, 5.74) is 5.83. The number of allylic oxidation sites excluding steroid dienone is 1. The van der Waals surface area contributed by atoms with Crippen LogP contribution >= 0.6 is 0 Å². The van der Waals surface area contributed by atoms with Crippen LogP contribution in [0.5, 0.6) is 0 Å². The van der Waals surface area contributed by atoms with Crippen molar-refractivity contribution in [1.29, 1.82) is 0 Å². The molecule has 2 heterocycles. The summed E-state index contributed by atoms with van der Waals surface area (Å²) in [6.45, 7) is 2.11. The molecule has 2 aromatic carbocycles. The van der Waals surface area contributed by atoms with E-state index in [0.717, 1.165) is 27.6 Å². The first kappa shape index (κ1) is 15.8. The zero-order chi connectivity index (χ0) is 18.7. The molecule has 0 spiro atoms. The monoisotopic (exact) mass is 354 g/mol. The number of nitrogens with zero attached hydrogens (tertiary/aromatic N) is 1. The Morgan fingerprint density at radius 1 is 0.889 bits per heavy atom. The number of hydrogen-bond acceptors (Lipinski definition) is 2. The van der Waals surface area contributed by atoms with Crippen LogP contribution in [0.25, 0.3) is 22.0 Å². The Balaban J connectivity index is 1.81. The van der Waals surface area contributed by atoms with Crippen molar-refractivity contribution in [3.05, 3.63) is 83.1 Å². The Morgan fingerprint density at radius 2 is 1.59 bits per heavy atom. The second-order valence-electron chi connectivity index (χ2n) is 7.16. The highest BCUT2D eigenvalue weighted by atomic mass is 16.2. The molecule has 1 unspecified atom stereocenters. The fourth-order valence-electron chi connectivity index (χ4n) is 4.30. The first-order chi connectivity index (χ1) is 13.1. The molecule has 1 aliphatic heterocycles. The molecule has 132 valence electrons. The van der Waals surface area contributed by atoms with E-state index in [1.807, 2.05) is 60.3 Å². The summed E-state index contributed by atoms with van der Waals surface area (Å²) in [5, 5.41) is 3.48. The number of carbonyl (C=O) groups is 2. The molecule has 2 aliphatic rings. The number of hydrogen-bond donors (Lipinski definition) is 1. The molecule has 4 heteroatoms. The van der Waals surface area contributed by atoms with Gasteiger partial charge in [0.15, 0.2) is 0 Å². The van der Waals surface area contributed by atoms with Gasteiger partial charge < -0.3 is 4.57 Å². The second kappa shape index (κ2) is 5.55. The highest BCUT2D eigenvalue weighted by Crippen LogP contribution is 2.44. The van der Waals surface area contributed by atoms with Crippen LogP contribution in [-0.4, -0.2) is 16.4 Å². The zero-order valence-corrected chi connectivity index (χ0v) is 15.1. The van der Waals surface area contributed by atoms with Gasteiger partial charge >= 0.3 is 0 Å². The molecule has 0 saturated carbocycles. The molecule has 2 amide bonds. The van der Waals surface area contributed by atoms with Crippen LogP contribution in [0.1, 0.15) is 29.5 Å². The van der Waals surface area contributed by atoms with E-state index < -0.39 is 0 Å². The fourth-order valence-corrected chi connectivity index (χ4v) is 4.30. The van der Waals surface area contributed by atoms with Gasteiger partial charge in [0, 0.05) is 35.6 Å². The molecule has 0 bridgehead atoms. The van der Waals surface area contributed by atoms with Crippen molar-refractivity contribution < 1.29 is 9.59 Å². The van der Waals surface area contributed by atoms with Crippen LogP contribution in [0.3, 0.4) is 0 Å². The highest BCUT2D eigenvalue weighted by Gasteiger charge is 2.37. The zero-order valence-electron chi connectivity index (χ0n) is 15.1. The number of rotatable bonds is 2. The van der Waals surface area contributed by atoms with Gasteiger partial charge in [-0.2, -0.15) is 0 Å². The van der Waals surface area contributed by atoms with E-state index in [-0.39, 0.29) is 17.7 Å². The smallest absolute Gasteiger partial charge is 0.259 e. The van der Waals surface area contributed by atoms with E-state index in [2.05, 4.69) is 24.4 Å². The molecule has 0 radical (unpaired) electrons. The largest absolute Gasteiger partial charge is 0.350 e. The number of benzene rings is 2. The third kappa shape index (κ3) is 2.16. The maximum Gasteiger partial charge on any atom is 0.259 e. The number of nitrogens with one attached hydrogen (secondary N) is 1. The molecule has 1 N–H and O–H groups in total. The van der Waals surface area contributed by atoms with Crippen LogP contribution in [0.4, 0.5) is 0 Å². The summed E-state index contributed by atoms with van der Waals surface area (Å²) in [7, 11) is 1.95. The summed E-state index contributed by atoms with van der Waals surface area (Å²) in [6.07, 6.45) is 4.02. The van der Waals surface area contributed by atoms with E-state index in [4.69, 9.17) is 0 Å². The predicted octanol–water partition coefficient (Wildman–Crippen LogP) is 3.79. The van der Waals surface area contributed by atoms with Gasteiger partial charge in [-0.05, 0) is 22.8 Å². The van der Waals surface area contributed by atoms with Gasteiger partial charge in [0.05, 0.1) is 11.1 Å². The minimum absolute atomic E-state index is 0.209. The maximum atomic E-state index is 12.8. The van der Waals surface area contributed by atoms with Gasteiger partial charge in [0.1, 0.15) is 0 Å². The molecular formula is C23H18N2O2. The quantitative estimate of drug-likeness (QED) is 0.712. The van der Waals surface area contributed by atoms with Crippen molar-refractivity contribution in [1.82, 2.24) is 9.88 Å². The van der Waals surface area contributed by atoms with Gasteiger partial charge in [0.25, 0.3) is 11.8 Å². The summed E-state index contributed by atoms with van der Waals surface area (Å²) in [6, 6.07) is 16.0. The normalized spacial score (nSPS) is 18.9. The van der Waals surface area contributed by atoms with E-state index in [1.165, 1.54) is 5.56 Å². The lowest BCUT2D eigenvalue weighted by atomic mass is 9.92. The molecule has 1 aromatic heterocycles. The molecule has 1 atom stereocenters. The van der Waals surface area contributed by atoms with Gasteiger partial charge in [-0.3, -0.25) is 14.9 Å². The van der Waals surface area contributed by atoms with E-state index >= 15 is 0 Å². The first-order valence-corrected chi connectivity index (χ1v) is 9.02. The molecule has 1 aliphatic carbocycles. The van der Waals surface area contributed by atoms with Crippen molar-refractivity contribution in [2.75, 3.05) is 0 Å². The van der Waals surface area contributed by atoms with Crippen molar-refractivity contribution >= 4 is 33.9 Å². The number of aromatic nitrogens is 1. The van der Waals surface area contributed by atoms with Crippen molar-refractivity contribution in [2.45, 2.75) is 12.8 Å². The average molecular weight is 354 g/mol. The van der Waals surface area contributed by atoms with Crippen LogP contribution < -0.4 is 5.32 Å². The Labute approximate surface area is 156 Å². The van der Waals surface area contributed by atoms with Gasteiger partial charge in [-0.25, -0.2) is 0 Å². The lowest BCUT2D eigenvalue weighted by Crippen LogP contribution is -2.23. The van der Waals surface area contributed by atoms with Crippen LogP contribution in [0, 0.1) is 0 Å². The number of aryl methyl sites for hydroxylation is 1. The molecule has 5 rings (SSSR count). The lowest BCUT2D eigenvalue weighted by Gasteiger charge is -2.08. The molecule has 3 aromatic rings. The minimum Gasteiger partial charge on any atom is -0.350 e. The summed E-state index contributed by atoms with van der Waals surface area (Å²) < 4.78 is 1.99. The Kier molecular flexibility index (Phi) is 3.25. The summed E-state index contributed by atoms with van der Waals surface area (Å²) >= 11 is 0. The predicted molar refractivity (Wildman–Crippen MR) is 106 cm³/mol. The third-order valence-electron chi connectivity index (χ3n) is 5.53. The Bertz CT molecular complexity index is 1210. The highest BCUT2D eigenvalue weighted by molar-refractivity contribution is 6.41. The van der Waals surface area contributed by atoms with Crippen molar-refractivity contribution in [2.24, 2.45) is 7.05 Å². The van der Waals surface area contributed by atoms with Crippen molar-refractivity contribution in [3.8, 4) is 0 Å². The molecule has 27 heavy (non-hydrogen) atoms. The maximum absolute atomic E-state index is 12.8. The fraction of sp³-hybridized carbons (Fsp3) is 0.130. The van der Waals surface area contributed by atoms with E-state index in [9.17, 15) is 9.59 Å². The number of para-hydroxylation sites is 1. The van der Waals surface area contributed by atoms with Gasteiger partial charge in [0.2, 0.25) is 0 Å². The topological polar surface area (TPSA) is 51.1 Å².